The first kappa shape index (κ1) is 49.4. The van der Waals surface area contributed by atoms with Gasteiger partial charge < -0.3 is 89.7 Å². The van der Waals surface area contributed by atoms with Gasteiger partial charge in [0.2, 0.25) is 0 Å². The maximum Gasteiger partial charge on any atom is 0.187 e. The normalized spacial score (nSPS) is 57.1. The van der Waals surface area contributed by atoms with Crippen molar-refractivity contribution in [3.05, 3.63) is 11.6 Å². The number of fused-ring (bicyclic) bond motifs is 7. The van der Waals surface area contributed by atoms with Crippen LogP contribution >= 0.6 is 0 Å². The molecule has 0 aromatic heterocycles. The summed E-state index contributed by atoms with van der Waals surface area (Å²) in [5.41, 5.74) is -3.36. The lowest BCUT2D eigenvalue weighted by Gasteiger charge is -2.73. The minimum atomic E-state index is -1.71. The second-order valence-electron chi connectivity index (χ2n) is 22.8. The Hall–Kier alpha value is -0.980. The summed E-state index contributed by atoms with van der Waals surface area (Å²) in [6, 6.07) is 0. The first-order valence-corrected chi connectivity index (χ1v) is 23.4. The standard InChI is InChI=1S/C46H76O18/c1-19-33(64-39-30(52)27(49)22(48)16-59-39)29(51)32(54)40(61-19)62-23-17-60-38(31(53)28(23)50)63-26-12-13-43(6)24(42(26,4)5)11-14-44(7)25(43)10-9-20-21-15-41(2,3)34(55)36(57)46(21,18-47)37(58)35(56)45(20,44)8/h9,19,21-40,47-58H,10-18H2,1-8H3. The van der Waals surface area contributed by atoms with E-state index in [4.69, 9.17) is 28.4 Å². The second kappa shape index (κ2) is 16.9. The third-order valence-electron chi connectivity index (χ3n) is 19.0. The van der Waals surface area contributed by atoms with E-state index in [9.17, 15) is 61.3 Å². The average Bonchev–Trinajstić information content (AvgIpc) is 3.23. The third kappa shape index (κ3) is 7.01. The van der Waals surface area contributed by atoms with Crippen LogP contribution in [0, 0.1) is 50.2 Å². The van der Waals surface area contributed by atoms with E-state index in [0.717, 1.165) is 24.8 Å². The zero-order valence-electron chi connectivity index (χ0n) is 38.4. The van der Waals surface area contributed by atoms with Gasteiger partial charge in [-0.05, 0) is 84.9 Å². The summed E-state index contributed by atoms with van der Waals surface area (Å²) < 4.78 is 35.3. The molecule has 0 amide bonds. The fourth-order valence-electron chi connectivity index (χ4n) is 14.9. The number of hydrogen-bond acceptors (Lipinski definition) is 18. The average molecular weight is 917 g/mol. The number of aliphatic hydroxyl groups is 12. The van der Waals surface area contributed by atoms with Gasteiger partial charge in [0.1, 0.15) is 54.9 Å². The molecule has 0 radical (unpaired) electrons. The van der Waals surface area contributed by atoms with Crippen molar-refractivity contribution in [2.24, 2.45) is 50.2 Å². The molecule has 8 rings (SSSR count). The van der Waals surface area contributed by atoms with Crippen LogP contribution in [0.4, 0.5) is 0 Å². The van der Waals surface area contributed by atoms with Crippen molar-refractivity contribution in [3.63, 3.8) is 0 Å². The largest absolute Gasteiger partial charge is 0.396 e. The lowest BCUT2D eigenvalue weighted by molar-refractivity contribution is -0.365. The summed E-state index contributed by atoms with van der Waals surface area (Å²) >= 11 is 0. The van der Waals surface area contributed by atoms with Crippen molar-refractivity contribution >= 4 is 0 Å². The first-order chi connectivity index (χ1) is 29.7. The zero-order chi connectivity index (χ0) is 47.0. The highest BCUT2D eigenvalue weighted by Crippen LogP contribution is 2.76. The first-order valence-electron chi connectivity index (χ1n) is 23.4. The summed E-state index contributed by atoms with van der Waals surface area (Å²) in [4.78, 5) is 0. The van der Waals surface area contributed by atoms with Crippen LogP contribution in [0.2, 0.25) is 0 Å². The Morgan fingerprint density at radius 2 is 1.25 bits per heavy atom. The van der Waals surface area contributed by atoms with E-state index < -0.39 is 144 Å². The highest BCUT2D eigenvalue weighted by atomic mass is 16.8. The van der Waals surface area contributed by atoms with Crippen LogP contribution in [-0.4, -0.2) is 192 Å². The zero-order valence-corrected chi connectivity index (χ0v) is 38.4. The minimum absolute atomic E-state index is 0.0779. The van der Waals surface area contributed by atoms with E-state index in [0.29, 0.717) is 19.3 Å². The van der Waals surface area contributed by atoms with Crippen LogP contribution < -0.4 is 0 Å². The van der Waals surface area contributed by atoms with Gasteiger partial charge in [0.25, 0.3) is 0 Å². The number of ether oxygens (including phenoxy) is 6. The molecule has 8 aliphatic rings. The molecule has 7 fully saturated rings. The third-order valence-corrected chi connectivity index (χ3v) is 19.0. The van der Waals surface area contributed by atoms with E-state index in [-0.39, 0.29) is 36.6 Å². The molecule has 25 unspecified atom stereocenters. The van der Waals surface area contributed by atoms with Crippen LogP contribution in [0.15, 0.2) is 11.6 Å². The number of rotatable bonds is 7. The maximum atomic E-state index is 12.4. The number of hydrogen-bond donors (Lipinski definition) is 12. The van der Waals surface area contributed by atoms with Crippen LogP contribution in [0.25, 0.3) is 0 Å². The highest BCUT2D eigenvalue weighted by molar-refractivity contribution is 5.38. The molecule has 25 atom stereocenters. The lowest BCUT2D eigenvalue weighted by Crippen LogP contribution is -2.76. The van der Waals surface area contributed by atoms with Gasteiger partial charge in [0, 0.05) is 5.41 Å². The minimum Gasteiger partial charge on any atom is -0.396 e. The Bertz CT molecular complexity index is 1730. The van der Waals surface area contributed by atoms with Gasteiger partial charge in [-0.1, -0.05) is 60.1 Å². The fraction of sp³-hybridized carbons (Fsp3) is 0.957. The molecular weight excluding hydrogens is 840 g/mol. The van der Waals surface area contributed by atoms with Crippen molar-refractivity contribution < 1.29 is 89.7 Å². The predicted molar refractivity (Wildman–Crippen MR) is 222 cm³/mol. The highest BCUT2D eigenvalue weighted by Gasteiger charge is 2.75. The molecule has 5 aliphatic carbocycles. The Kier molecular flexibility index (Phi) is 13.0. The molecular formula is C46H76O18. The van der Waals surface area contributed by atoms with Gasteiger partial charge in [0.05, 0.1) is 61.9 Å². The Morgan fingerprint density at radius 3 is 1.92 bits per heavy atom. The summed E-state index contributed by atoms with van der Waals surface area (Å²) in [7, 11) is 0. The van der Waals surface area contributed by atoms with Gasteiger partial charge in [-0.25, -0.2) is 0 Å². The molecule has 368 valence electrons. The predicted octanol–water partition coefficient (Wildman–Crippen LogP) is -1.20. The van der Waals surface area contributed by atoms with Crippen molar-refractivity contribution in [3.8, 4) is 0 Å². The van der Waals surface area contributed by atoms with E-state index in [1.165, 1.54) is 6.92 Å². The van der Waals surface area contributed by atoms with Gasteiger partial charge in [-0.3, -0.25) is 0 Å². The molecule has 3 aliphatic heterocycles. The van der Waals surface area contributed by atoms with Crippen LogP contribution in [0.5, 0.6) is 0 Å². The molecule has 0 bridgehead atoms. The van der Waals surface area contributed by atoms with Crippen LogP contribution in [0.1, 0.15) is 93.9 Å². The summed E-state index contributed by atoms with van der Waals surface area (Å²) in [5, 5.41) is 133. The molecule has 18 heteroatoms. The molecule has 4 saturated carbocycles. The second-order valence-corrected chi connectivity index (χ2v) is 22.8. The monoisotopic (exact) mass is 917 g/mol. The molecule has 3 heterocycles. The molecule has 0 aromatic carbocycles. The van der Waals surface area contributed by atoms with Gasteiger partial charge in [0.15, 0.2) is 18.9 Å². The summed E-state index contributed by atoms with van der Waals surface area (Å²) in [6.45, 7) is 15.1. The van der Waals surface area contributed by atoms with Gasteiger partial charge in [-0.2, -0.15) is 0 Å². The van der Waals surface area contributed by atoms with Gasteiger partial charge in [-0.15, -0.1) is 0 Å². The summed E-state index contributed by atoms with van der Waals surface area (Å²) in [5.74, 6) is -0.260. The Balaban J connectivity index is 0.935. The Labute approximate surface area is 375 Å². The smallest absolute Gasteiger partial charge is 0.187 e. The molecule has 64 heavy (non-hydrogen) atoms. The molecule has 12 N–H and O–H groups in total. The van der Waals surface area contributed by atoms with Crippen molar-refractivity contribution in [2.75, 3.05) is 19.8 Å². The fourth-order valence-corrected chi connectivity index (χ4v) is 14.9. The quantitative estimate of drug-likeness (QED) is 0.106. The molecule has 0 aromatic rings. The van der Waals surface area contributed by atoms with E-state index >= 15 is 0 Å². The number of allylic oxidation sites excluding steroid dienone is 1. The topological polar surface area (TPSA) is 298 Å². The van der Waals surface area contributed by atoms with Crippen molar-refractivity contribution in [1.82, 2.24) is 0 Å². The van der Waals surface area contributed by atoms with E-state index in [1.807, 2.05) is 20.8 Å². The molecule has 0 spiro atoms. The maximum absolute atomic E-state index is 12.4. The lowest BCUT2D eigenvalue weighted by atomic mass is 9.32. The van der Waals surface area contributed by atoms with Crippen LogP contribution in [0.3, 0.4) is 0 Å². The SMILES string of the molecule is CC1OC(OC2COC(OC3CCC4(C)C(CCC5(C)C4CC=C4C6CC(C)(C)C(O)C(O)C6(CO)C(O)C(O)C45C)C3(C)C)C(O)C2O)C(O)C(O)C1OC1OCC(O)C(O)C1O. The molecule has 18 nitrogen and oxygen atoms in total. The van der Waals surface area contributed by atoms with E-state index in [1.54, 1.807) is 0 Å². The van der Waals surface area contributed by atoms with Crippen molar-refractivity contribution in [2.45, 2.75) is 204 Å². The molecule has 3 saturated heterocycles. The Morgan fingerprint density at radius 1 is 0.641 bits per heavy atom. The van der Waals surface area contributed by atoms with Gasteiger partial charge >= 0.3 is 0 Å². The van der Waals surface area contributed by atoms with E-state index in [2.05, 4.69) is 33.8 Å². The summed E-state index contributed by atoms with van der Waals surface area (Å²) in [6.07, 6.45) is -18.1. The van der Waals surface area contributed by atoms with Crippen LogP contribution in [-0.2, 0) is 28.4 Å². The number of aliphatic hydroxyl groups excluding tert-OH is 12. The van der Waals surface area contributed by atoms with Crippen molar-refractivity contribution in [1.29, 1.82) is 0 Å².